The lowest BCUT2D eigenvalue weighted by atomic mass is 10.0. The van der Waals surface area contributed by atoms with Crippen molar-refractivity contribution in [1.82, 2.24) is 15.2 Å². The van der Waals surface area contributed by atoms with Gasteiger partial charge in [0.05, 0.1) is 0 Å². The van der Waals surface area contributed by atoms with Gasteiger partial charge in [-0.1, -0.05) is 5.16 Å². The summed E-state index contributed by atoms with van der Waals surface area (Å²) in [4.78, 5) is 45.7. The summed E-state index contributed by atoms with van der Waals surface area (Å²) < 4.78 is 0. The number of β-lactam (4-membered cyclic amide) rings is 1. The van der Waals surface area contributed by atoms with Gasteiger partial charge in [0.15, 0.2) is 10.8 Å². The number of anilines is 1. The number of hydrogen-bond acceptors (Lipinski definition) is 9. The van der Waals surface area contributed by atoms with Gasteiger partial charge in [0.2, 0.25) is 0 Å². The molecule has 4 N–H and O–H groups in total. The molecule has 3 rings (SSSR count). The van der Waals surface area contributed by atoms with Crippen LogP contribution in [0.5, 0.6) is 0 Å². The molecule has 2 atom stereocenters. The van der Waals surface area contributed by atoms with Crippen molar-refractivity contribution in [1.29, 1.82) is 0 Å². The van der Waals surface area contributed by atoms with E-state index in [0.29, 0.717) is 5.75 Å². The number of carboxylic acid groups (broad SMARTS) is 1. The molecular formula is C13H13N5O5S2. The van der Waals surface area contributed by atoms with E-state index in [-0.39, 0.29) is 22.2 Å². The number of nitrogens with zero attached hydrogens (tertiary/aromatic N) is 3. The number of hydrogen-bond donors (Lipinski definition) is 3. The molecule has 2 aliphatic heterocycles. The van der Waals surface area contributed by atoms with Gasteiger partial charge in [0.1, 0.15) is 29.9 Å². The minimum absolute atomic E-state index is 0.0719. The maximum absolute atomic E-state index is 12.5. The number of rotatable bonds is 5. The second-order valence-electron chi connectivity index (χ2n) is 4.97. The van der Waals surface area contributed by atoms with Crippen LogP contribution in [0.25, 0.3) is 0 Å². The lowest BCUT2D eigenvalue weighted by Gasteiger charge is -2.48. The first kappa shape index (κ1) is 17.2. The number of aromatic nitrogens is 1. The number of carbonyl (C=O) groups is 3. The third-order valence-electron chi connectivity index (χ3n) is 3.51. The van der Waals surface area contributed by atoms with Gasteiger partial charge >= 0.3 is 5.97 Å². The van der Waals surface area contributed by atoms with Crippen molar-refractivity contribution in [3.05, 3.63) is 22.8 Å². The summed E-state index contributed by atoms with van der Waals surface area (Å²) >= 11 is 2.49. The van der Waals surface area contributed by atoms with Crippen LogP contribution < -0.4 is 11.1 Å². The first-order chi connectivity index (χ1) is 11.9. The summed E-state index contributed by atoms with van der Waals surface area (Å²) in [7, 11) is 1.28. The molecule has 0 bridgehead atoms. The molecule has 1 fully saturated rings. The van der Waals surface area contributed by atoms with Gasteiger partial charge < -0.3 is 21.0 Å². The van der Waals surface area contributed by atoms with Crippen LogP contribution in [0.3, 0.4) is 0 Å². The van der Waals surface area contributed by atoms with Crippen molar-refractivity contribution in [2.24, 2.45) is 5.16 Å². The highest BCUT2D eigenvalue weighted by Gasteiger charge is 2.53. The maximum atomic E-state index is 12.5. The fraction of sp³-hybridized carbons (Fsp3) is 0.308. The van der Waals surface area contributed by atoms with E-state index in [0.717, 1.165) is 16.2 Å². The maximum Gasteiger partial charge on any atom is 0.352 e. The quantitative estimate of drug-likeness (QED) is 0.348. The number of carbonyl (C=O) groups excluding carboxylic acids is 2. The van der Waals surface area contributed by atoms with Crippen LogP contribution in [0.1, 0.15) is 5.69 Å². The molecule has 1 saturated heterocycles. The molecule has 25 heavy (non-hydrogen) atoms. The average Bonchev–Trinajstić information content (AvgIpc) is 3.02. The van der Waals surface area contributed by atoms with Crippen LogP contribution in [0.2, 0.25) is 0 Å². The normalized spacial score (nSPS) is 22.6. The number of thioether (sulfide) groups is 1. The van der Waals surface area contributed by atoms with E-state index in [9.17, 15) is 14.4 Å². The zero-order valence-corrected chi connectivity index (χ0v) is 14.5. The molecule has 1 aromatic rings. The number of nitrogens with one attached hydrogen (secondary N) is 1. The van der Waals surface area contributed by atoms with Gasteiger partial charge in [-0.05, 0) is 6.08 Å². The number of thiazole rings is 1. The largest absolute Gasteiger partial charge is 0.477 e. The molecular weight excluding hydrogens is 370 g/mol. The Morgan fingerprint density at radius 2 is 2.32 bits per heavy atom. The summed E-state index contributed by atoms with van der Waals surface area (Å²) in [5.41, 5.74) is 5.60. The Bertz CT molecular complexity index is 804. The number of amides is 2. The molecule has 2 aliphatic rings. The van der Waals surface area contributed by atoms with E-state index < -0.39 is 29.2 Å². The van der Waals surface area contributed by atoms with Gasteiger partial charge in [0, 0.05) is 11.1 Å². The molecule has 132 valence electrons. The predicted molar refractivity (Wildman–Crippen MR) is 90.8 cm³/mol. The standard InChI is InChI=1S/C13H13N5O5S2/c1-23-17-7(5-4-25-13(14)15-5)9(19)16-8-10(20)18-6(12(21)22)2-3-24-11(8)18/h2,4,8,11H,3H2,1H3,(H2,14,15)(H,16,19)(H,21,22)/b17-7-/t8-,11+/m0/s1. The molecule has 10 nitrogen and oxygen atoms in total. The minimum Gasteiger partial charge on any atom is -0.477 e. The van der Waals surface area contributed by atoms with Crippen LogP contribution in [0, 0.1) is 0 Å². The number of fused-ring (bicyclic) bond motifs is 1. The Kier molecular flexibility index (Phi) is 4.63. The Morgan fingerprint density at radius 3 is 2.92 bits per heavy atom. The second-order valence-corrected chi connectivity index (χ2v) is 7.01. The van der Waals surface area contributed by atoms with Gasteiger partial charge in [0.25, 0.3) is 11.8 Å². The molecule has 2 amide bonds. The summed E-state index contributed by atoms with van der Waals surface area (Å²) in [6.07, 6.45) is 1.47. The fourth-order valence-corrected chi connectivity index (χ4v) is 4.18. The Morgan fingerprint density at radius 1 is 1.56 bits per heavy atom. The molecule has 12 heteroatoms. The van der Waals surface area contributed by atoms with Crippen molar-refractivity contribution in [2.75, 3.05) is 18.6 Å². The number of aliphatic carboxylic acids is 1. The molecule has 0 saturated carbocycles. The van der Waals surface area contributed by atoms with Gasteiger partial charge in [-0.3, -0.25) is 14.5 Å². The zero-order valence-electron chi connectivity index (χ0n) is 12.8. The van der Waals surface area contributed by atoms with Gasteiger partial charge in [-0.2, -0.15) is 0 Å². The minimum atomic E-state index is -1.18. The molecule has 0 radical (unpaired) electrons. The third-order valence-corrected chi connectivity index (χ3v) is 5.37. The van der Waals surface area contributed by atoms with Crippen LogP contribution in [-0.2, 0) is 19.2 Å². The number of nitrogens with two attached hydrogens (primary N) is 1. The van der Waals surface area contributed by atoms with E-state index in [4.69, 9.17) is 10.8 Å². The van der Waals surface area contributed by atoms with Gasteiger partial charge in [-0.15, -0.1) is 23.1 Å². The lowest BCUT2D eigenvalue weighted by Crippen LogP contribution is -2.70. The number of carboxylic acids is 1. The average molecular weight is 383 g/mol. The van der Waals surface area contributed by atoms with Crippen molar-refractivity contribution < 1.29 is 24.3 Å². The van der Waals surface area contributed by atoms with E-state index in [1.807, 2.05) is 0 Å². The Labute approximate surface area is 149 Å². The second kappa shape index (κ2) is 6.72. The highest BCUT2D eigenvalue weighted by atomic mass is 32.2. The number of nitrogen functional groups attached to an aromatic ring is 1. The van der Waals surface area contributed by atoms with Crippen molar-refractivity contribution in [3.8, 4) is 0 Å². The number of oxime groups is 1. The molecule has 0 aliphatic carbocycles. The summed E-state index contributed by atoms with van der Waals surface area (Å²) in [6.45, 7) is 0. The summed E-state index contributed by atoms with van der Waals surface area (Å²) in [5, 5.41) is 16.7. The predicted octanol–water partition coefficient (Wildman–Crippen LogP) is -0.556. The van der Waals surface area contributed by atoms with Crippen LogP contribution in [0.4, 0.5) is 5.13 Å². The van der Waals surface area contributed by atoms with Crippen molar-refractivity contribution in [3.63, 3.8) is 0 Å². The molecule has 0 aromatic carbocycles. The first-order valence-electron chi connectivity index (χ1n) is 6.95. The zero-order chi connectivity index (χ0) is 18.1. The van der Waals surface area contributed by atoms with Crippen LogP contribution in [-0.4, -0.2) is 62.8 Å². The first-order valence-corrected chi connectivity index (χ1v) is 8.88. The van der Waals surface area contributed by atoms with Crippen molar-refractivity contribution in [2.45, 2.75) is 11.4 Å². The van der Waals surface area contributed by atoms with E-state index >= 15 is 0 Å². The van der Waals surface area contributed by atoms with E-state index in [1.54, 1.807) is 5.38 Å². The Hall–Kier alpha value is -2.60. The smallest absolute Gasteiger partial charge is 0.352 e. The van der Waals surface area contributed by atoms with Crippen molar-refractivity contribution >= 4 is 51.7 Å². The molecule has 0 spiro atoms. The van der Waals surface area contributed by atoms with Gasteiger partial charge in [-0.25, -0.2) is 9.78 Å². The third kappa shape index (κ3) is 3.05. The fourth-order valence-electron chi connectivity index (χ4n) is 2.44. The van der Waals surface area contributed by atoms with E-state index in [1.165, 1.54) is 24.9 Å². The van der Waals surface area contributed by atoms with Crippen LogP contribution in [0.15, 0.2) is 22.3 Å². The lowest BCUT2D eigenvalue weighted by molar-refractivity contribution is -0.150. The molecule has 3 heterocycles. The Balaban J connectivity index is 1.75. The monoisotopic (exact) mass is 383 g/mol. The highest BCUT2D eigenvalue weighted by molar-refractivity contribution is 8.00. The summed E-state index contributed by atoms with van der Waals surface area (Å²) in [6, 6.07) is -0.849. The van der Waals surface area contributed by atoms with E-state index in [2.05, 4.69) is 20.3 Å². The molecule has 1 aromatic heterocycles. The molecule has 0 unspecified atom stereocenters. The highest BCUT2D eigenvalue weighted by Crippen LogP contribution is 2.37. The van der Waals surface area contributed by atoms with Crippen LogP contribution >= 0.6 is 23.1 Å². The topological polar surface area (TPSA) is 147 Å². The summed E-state index contributed by atoms with van der Waals surface area (Å²) in [5.74, 6) is -1.89. The SMILES string of the molecule is CO/N=C(\C(=O)N[C@H]1C(=O)N2C(C(=O)O)=CCS[C@H]12)c1csc(N)n1.